The molecular weight excluding hydrogens is 300 g/mol. The number of aromatic nitrogens is 4. The molecule has 0 fully saturated rings. The van der Waals surface area contributed by atoms with Crippen molar-refractivity contribution in [1.82, 2.24) is 19.2 Å². The average Bonchev–Trinajstić information content (AvgIpc) is 3.06. The Morgan fingerprint density at radius 3 is 2.79 bits per heavy atom. The van der Waals surface area contributed by atoms with E-state index in [0.717, 1.165) is 41.0 Å². The minimum Gasteiger partial charge on any atom is -0.296 e. The van der Waals surface area contributed by atoms with Crippen LogP contribution in [-0.2, 0) is 13.5 Å². The van der Waals surface area contributed by atoms with Gasteiger partial charge in [-0.25, -0.2) is 4.52 Å². The van der Waals surface area contributed by atoms with Gasteiger partial charge in [0.25, 0.3) is 5.56 Å². The summed E-state index contributed by atoms with van der Waals surface area (Å²) in [5.74, 6) is 0. The molecule has 0 aliphatic heterocycles. The molecule has 0 unspecified atom stereocenters. The van der Waals surface area contributed by atoms with E-state index in [1.54, 1.807) is 11.6 Å². The Morgan fingerprint density at radius 2 is 1.96 bits per heavy atom. The SMILES string of the molecule is CCCc1cc(-c2cc3n(C)c(=O)c4ccccc4n3n2)ccn1. The topological polar surface area (TPSA) is 52.2 Å². The van der Waals surface area contributed by atoms with E-state index in [0.29, 0.717) is 5.39 Å². The van der Waals surface area contributed by atoms with Crippen LogP contribution in [-0.4, -0.2) is 19.2 Å². The van der Waals surface area contributed by atoms with Crippen molar-refractivity contribution < 1.29 is 0 Å². The van der Waals surface area contributed by atoms with Crippen molar-refractivity contribution in [2.45, 2.75) is 19.8 Å². The third-order valence-corrected chi connectivity index (χ3v) is 4.32. The predicted molar refractivity (Wildman–Crippen MR) is 95.2 cm³/mol. The molecular formula is C19H18N4O. The molecule has 1 aromatic carbocycles. The molecule has 0 atom stereocenters. The van der Waals surface area contributed by atoms with Crippen LogP contribution in [0.5, 0.6) is 0 Å². The smallest absolute Gasteiger partial charge is 0.261 e. The lowest BCUT2D eigenvalue weighted by atomic mass is 10.1. The molecule has 24 heavy (non-hydrogen) atoms. The predicted octanol–water partition coefficient (Wildman–Crippen LogP) is 3.20. The highest BCUT2D eigenvalue weighted by Gasteiger charge is 2.12. The number of benzene rings is 1. The molecule has 0 radical (unpaired) electrons. The van der Waals surface area contributed by atoms with Gasteiger partial charge in [-0.15, -0.1) is 0 Å². The molecule has 3 aromatic heterocycles. The van der Waals surface area contributed by atoms with Gasteiger partial charge >= 0.3 is 0 Å². The summed E-state index contributed by atoms with van der Waals surface area (Å²) in [6, 6.07) is 13.6. The molecule has 4 aromatic rings. The van der Waals surface area contributed by atoms with Gasteiger partial charge < -0.3 is 0 Å². The van der Waals surface area contributed by atoms with Crippen LogP contribution >= 0.6 is 0 Å². The van der Waals surface area contributed by atoms with Gasteiger partial charge in [0.1, 0.15) is 5.65 Å². The summed E-state index contributed by atoms with van der Waals surface area (Å²) in [5.41, 5.74) is 4.53. The molecule has 0 aliphatic rings. The Kier molecular flexibility index (Phi) is 3.41. The lowest BCUT2D eigenvalue weighted by Crippen LogP contribution is -2.19. The third kappa shape index (κ3) is 2.21. The van der Waals surface area contributed by atoms with Crippen molar-refractivity contribution in [2.75, 3.05) is 0 Å². The second-order valence-corrected chi connectivity index (χ2v) is 5.97. The molecule has 0 saturated heterocycles. The summed E-state index contributed by atoms with van der Waals surface area (Å²) in [6.45, 7) is 2.14. The lowest BCUT2D eigenvalue weighted by Gasteiger charge is -2.05. The molecule has 4 rings (SSSR count). The Labute approximate surface area is 139 Å². The van der Waals surface area contributed by atoms with Gasteiger partial charge in [-0.3, -0.25) is 14.3 Å². The van der Waals surface area contributed by atoms with Gasteiger partial charge in [0, 0.05) is 30.6 Å². The number of hydrogen-bond donors (Lipinski definition) is 0. The molecule has 5 heteroatoms. The maximum Gasteiger partial charge on any atom is 0.261 e. The summed E-state index contributed by atoms with van der Waals surface area (Å²) >= 11 is 0. The van der Waals surface area contributed by atoms with E-state index >= 15 is 0 Å². The van der Waals surface area contributed by atoms with Gasteiger partial charge in [-0.05, 0) is 30.7 Å². The van der Waals surface area contributed by atoms with Crippen molar-refractivity contribution in [3.63, 3.8) is 0 Å². The van der Waals surface area contributed by atoms with Crippen molar-refractivity contribution in [3.8, 4) is 11.3 Å². The zero-order chi connectivity index (χ0) is 16.7. The first-order valence-corrected chi connectivity index (χ1v) is 8.12. The molecule has 5 nitrogen and oxygen atoms in total. The minimum absolute atomic E-state index is 0.00838. The maximum atomic E-state index is 12.5. The van der Waals surface area contributed by atoms with E-state index in [1.807, 2.05) is 47.1 Å². The fourth-order valence-electron chi connectivity index (χ4n) is 3.08. The molecule has 0 bridgehead atoms. The van der Waals surface area contributed by atoms with Crippen LogP contribution in [0.25, 0.3) is 27.8 Å². The zero-order valence-electron chi connectivity index (χ0n) is 13.7. The second kappa shape index (κ2) is 5.60. The molecule has 3 heterocycles. The van der Waals surface area contributed by atoms with Gasteiger partial charge in [-0.2, -0.15) is 5.10 Å². The molecule has 0 spiro atoms. The number of rotatable bonds is 3. The number of fused-ring (bicyclic) bond motifs is 3. The van der Waals surface area contributed by atoms with Crippen LogP contribution in [0.1, 0.15) is 19.0 Å². The third-order valence-electron chi connectivity index (χ3n) is 4.32. The summed E-state index contributed by atoms with van der Waals surface area (Å²) < 4.78 is 3.49. The summed E-state index contributed by atoms with van der Waals surface area (Å²) in [6.07, 6.45) is 3.82. The number of aryl methyl sites for hydroxylation is 2. The van der Waals surface area contributed by atoms with Crippen molar-refractivity contribution >= 4 is 16.6 Å². The van der Waals surface area contributed by atoms with Crippen LogP contribution < -0.4 is 5.56 Å². The Morgan fingerprint density at radius 1 is 1.12 bits per heavy atom. The van der Waals surface area contributed by atoms with Gasteiger partial charge in [0.15, 0.2) is 0 Å². The zero-order valence-corrected chi connectivity index (χ0v) is 13.7. The van der Waals surface area contributed by atoms with Crippen molar-refractivity contribution in [3.05, 3.63) is 64.7 Å². The number of hydrogen-bond acceptors (Lipinski definition) is 3. The Bertz CT molecular complexity index is 1110. The standard InChI is InChI=1S/C19H18N4O/c1-3-6-14-11-13(9-10-20-14)16-12-18-22(2)19(24)15-7-4-5-8-17(15)23(18)21-16/h4-5,7-12H,3,6H2,1-2H3. The Balaban J connectivity index is 1.99. The Hall–Kier alpha value is -2.95. The monoisotopic (exact) mass is 318 g/mol. The summed E-state index contributed by atoms with van der Waals surface area (Å²) in [5, 5.41) is 5.41. The maximum absolute atomic E-state index is 12.5. The van der Waals surface area contributed by atoms with Gasteiger partial charge in [0.2, 0.25) is 0 Å². The fourth-order valence-corrected chi connectivity index (χ4v) is 3.08. The first-order chi connectivity index (χ1) is 11.7. The molecule has 0 amide bonds. The average molecular weight is 318 g/mol. The highest BCUT2D eigenvalue weighted by Crippen LogP contribution is 2.22. The highest BCUT2D eigenvalue weighted by molar-refractivity contribution is 5.81. The van der Waals surface area contributed by atoms with E-state index < -0.39 is 0 Å². The van der Waals surface area contributed by atoms with Crippen molar-refractivity contribution in [1.29, 1.82) is 0 Å². The van der Waals surface area contributed by atoms with E-state index in [-0.39, 0.29) is 5.56 Å². The first-order valence-electron chi connectivity index (χ1n) is 8.12. The van der Waals surface area contributed by atoms with Crippen LogP contribution in [0.15, 0.2) is 53.5 Å². The van der Waals surface area contributed by atoms with Crippen LogP contribution in [0, 0.1) is 0 Å². The summed E-state index contributed by atoms with van der Waals surface area (Å²) in [7, 11) is 1.78. The molecule has 0 aliphatic carbocycles. The minimum atomic E-state index is -0.00838. The largest absolute Gasteiger partial charge is 0.296 e. The normalized spacial score (nSPS) is 11.4. The van der Waals surface area contributed by atoms with Crippen LogP contribution in [0.4, 0.5) is 0 Å². The van der Waals surface area contributed by atoms with E-state index in [4.69, 9.17) is 5.10 Å². The molecule has 120 valence electrons. The number of pyridine rings is 1. The van der Waals surface area contributed by atoms with Crippen LogP contribution in [0.3, 0.4) is 0 Å². The van der Waals surface area contributed by atoms with E-state index in [9.17, 15) is 4.79 Å². The lowest BCUT2D eigenvalue weighted by molar-refractivity contribution is 0.850. The molecule has 0 saturated carbocycles. The first kappa shape index (κ1) is 14.6. The quantitative estimate of drug-likeness (QED) is 0.583. The van der Waals surface area contributed by atoms with Gasteiger partial charge in [0.05, 0.1) is 16.6 Å². The molecule has 0 N–H and O–H groups in total. The fraction of sp³-hybridized carbons (Fsp3) is 0.211. The number of nitrogens with zero attached hydrogens (tertiary/aromatic N) is 4. The van der Waals surface area contributed by atoms with Crippen molar-refractivity contribution in [2.24, 2.45) is 7.05 Å². The van der Waals surface area contributed by atoms with E-state index in [1.165, 1.54) is 0 Å². The van der Waals surface area contributed by atoms with Crippen LogP contribution in [0.2, 0.25) is 0 Å². The van der Waals surface area contributed by atoms with Gasteiger partial charge in [-0.1, -0.05) is 25.5 Å². The number of para-hydroxylation sites is 1. The highest BCUT2D eigenvalue weighted by atomic mass is 16.1. The summed E-state index contributed by atoms with van der Waals surface area (Å²) in [4.78, 5) is 16.9. The second-order valence-electron chi connectivity index (χ2n) is 5.97. The van der Waals surface area contributed by atoms with E-state index in [2.05, 4.69) is 18.0 Å².